The summed E-state index contributed by atoms with van der Waals surface area (Å²) in [5.74, 6) is 0.500. The average molecular weight is 505 g/mol. The first kappa shape index (κ1) is 25.8. The van der Waals surface area contributed by atoms with Gasteiger partial charge < -0.3 is 15.0 Å². The van der Waals surface area contributed by atoms with Gasteiger partial charge in [-0.25, -0.2) is 0 Å². The maximum absolute atomic E-state index is 13.8. The summed E-state index contributed by atoms with van der Waals surface area (Å²) in [5, 5.41) is 3.81. The van der Waals surface area contributed by atoms with Crippen molar-refractivity contribution in [2.45, 2.75) is 57.2 Å². The number of methoxy groups -OCH3 is 1. The molecule has 1 saturated carbocycles. The Morgan fingerprint density at radius 3 is 2.28 bits per heavy atom. The predicted molar refractivity (Wildman–Crippen MR) is 143 cm³/mol. The number of ether oxygens (including phenoxy) is 1. The molecule has 6 heteroatoms. The first-order valence-electron chi connectivity index (χ1n) is 12.5. The zero-order chi connectivity index (χ0) is 25.3. The molecule has 1 aliphatic carbocycles. The summed E-state index contributed by atoms with van der Waals surface area (Å²) in [6.07, 6.45) is 4.80. The van der Waals surface area contributed by atoms with Crippen molar-refractivity contribution in [1.82, 2.24) is 10.2 Å². The maximum atomic E-state index is 13.8. The number of hydrogen-bond donors (Lipinski definition) is 1. The van der Waals surface area contributed by atoms with E-state index in [1.807, 2.05) is 78.9 Å². The average Bonchev–Trinajstić information content (AvgIpc) is 3.41. The monoisotopic (exact) mass is 504 g/mol. The summed E-state index contributed by atoms with van der Waals surface area (Å²) in [7, 11) is 1.61. The zero-order valence-electron chi connectivity index (χ0n) is 20.7. The van der Waals surface area contributed by atoms with Gasteiger partial charge in [-0.05, 0) is 47.7 Å². The van der Waals surface area contributed by atoms with Crippen LogP contribution in [0, 0.1) is 0 Å². The van der Waals surface area contributed by atoms with E-state index in [9.17, 15) is 9.59 Å². The highest BCUT2D eigenvalue weighted by atomic mass is 35.5. The molecule has 5 nitrogen and oxygen atoms in total. The summed E-state index contributed by atoms with van der Waals surface area (Å²) in [6, 6.07) is 24.3. The van der Waals surface area contributed by atoms with Crippen LogP contribution in [0.4, 0.5) is 0 Å². The van der Waals surface area contributed by atoms with E-state index in [4.69, 9.17) is 16.3 Å². The molecule has 3 aromatic carbocycles. The minimum Gasteiger partial charge on any atom is -0.497 e. The zero-order valence-corrected chi connectivity index (χ0v) is 21.4. The van der Waals surface area contributed by atoms with Gasteiger partial charge in [0.1, 0.15) is 11.8 Å². The molecule has 1 N–H and O–H groups in total. The van der Waals surface area contributed by atoms with Crippen molar-refractivity contribution in [3.63, 3.8) is 0 Å². The smallest absolute Gasteiger partial charge is 0.243 e. The molecule has 1 aliphatic rings. The number of carbonyl (C=O) groups is 2. The second-order valence-electron chi connectivity index (χ2n) is 9.33. The lowest BCUT2D eigenvalue weighted by Gasteiger charge is -2.32. The summed E-state index contributed by atoms with van der Waals surface area (Å²) in [4.78, 5) is 29.2. The van der Waals surface area contributed by atoms with Crippen LogP contribution < -0.4 is 10.1 Å². The van der Waals surface area contributed by atoms with Crippen molar-refractivity contribution in [3.05, 3.63) is 101 Å². The molecule has 2 amide bonds. The van der Waals surface area contributed by atoms with E-state index < -0.39 is 6.04 Å². The Bertz CT molecular complexity index is 1140. The fourth-order valence-corrected chi connectivity index (χ4v) is 4.95. The molecule has 0 heterocycles. The molecule has 0 radical (unpaired) electrons. The van der Waals surface area contributed by atoms with Crippen molar-refractivity contribution >= 4 is 23.4 Å². The molecule has 188 valence electrons. The summed E-state index contributed by atoms with van der Waals surface area (Å²) in [6.45, 7) is 0.254. The third kappa shape index (κ3) is 6.88. The highest BCUT2D eigenvalue weighted by molar-refractivity contribution is 6.31. The molecule has 0 unspecified atom stereocenters. The number of halogens is 1. The first-order chi connectivity index (χ1) is 17.5. The number of amides is 2. The minimum absolute atomic E-state index is 0.110. The van der Waals surface area contributed by atoms with Gasteiger partial charge in [-0.1, -0.05) is 85.1 Å². The van der Waals surface area contributed by atoms with Gasteiger partial charge in [0.05, 0.1) is 13.5 Å². The highest BCUT2D eigenvalue weighted by Crippen LogP contribution is 2.23. The van der Waals surface area contributed by atoms with Crippen LogP contribution in [0.25, 0.3) is 0 Å². The van der Waals surface area contributed by atoms with Crippen LogP contribution in [-0.2, 0) is 29.0 Å². The Balaban J connectivity index is 1.65. The number of nitrogens with one attached hydrogen (secondary N) is 1. The summed E-state index contributed by atoms with van der Waals surface area (Å²) < 4.78 is 5.25. The number of rotatable bonds is 10. The number of carbonyl (C=O) groups excluding carboxylic acids is 2. The van der Waals surface area contributed by atoms with Gasteiger partial charge in [0.2, 0.25) is 11.8 Å². The molecule has 0 bridgehead atoms. The maximum Gasteiger partial charge on any atom is 0.243 e. The second-order valence-corrected chi connectivity index (χ2v) is 9.74. The molecule has 3 aromatic rings. The molecule has 1 atom stereocenters. The van der Waals surface area contributed by atoms with E-state index in [-0.39, 0.29) is 30.8 Å². The van der Waals surface area contributed by atoms with Crippen LogP contribution in [0.1, 0.15) is 42.4 Å². The Labute approximate surface area is 218 Å². The Kier molecular flexibility index (Phi) is 9.01. The second kappa shape index (κ2) is 12.6. The van der Waals surface area contributed by atoms with Crippen LogP contribution in [0.3, 0.4) is 0 Å². The van der Waals surface area contributed by atoms with Gasteiger partial charge >= 0.3 is 0 Å². The van der Waals surface area contributed by atoms with Gasteiger partial charge in [-0.15, -0.1) is 0 Å². The molecule has 0 saturated heterocycles. The van der Waals surface area contributed by atoms with Gasteiger partial charge in [-0.2, -0.15) is 0 Å². The van der Waals surface area contributed by atoms with Crippen molar-refractivity contribution < 1.29 is 14.3 Å². The lowest BCUT2D eigenvalue weighted by molar-refractivity contribution is -0.141. The van der Waals surface area contributed by atoms with Crippen molar-refractivity contribution in [1.29, 1.82) is 0 Å². The third-order valence-corrected chi connectivity index (χ3v) is 7.15. The highest BCUT2D eigenvalue weighted by Gasteiger charge is 2.32. The molecule has 0 aliphatic heterocycles. The van der Waals surface area contributed by atoms with E-state index in [1.165, 1.54) is 0 Å². The first-order valence-corrected chi connectivity index (χ1v) is 12.9. The minimum atomic E-state index is -0.657. The van der Waals surface area contributed by atoms with Crippen LogP contribution in [0.2, 0.25) is 5.02 Å². The van der Waals surface area contributed by atoms with E-state index in [0.29, 0.717) is 11.4 Å². The van der Waals surface area contributed by atoms with E-state index in [2.05, 4.69) is 5.32 Å². The lowest BCUT2D eigenvalue weighted by Crippen LogP contribution is -2.52. The predicted octanol–water partition coefficient (Wildman–Crippen LogP) is 5.59. The quantitative estimate of drug-likeness (QED) is 0.391. The molecule has 1 fully saturated rings. The number of benzene rings is 3. The van der Waals surface area contributed by atoms with Crippen LogP contribution in [-0.4, -0.2) is 35.9 Å². The molecule has 0 aromatic heterocycles. The van der Waals surface area contributed by atoms with Crippen LogP contribution in [0.5, 0.6) is 5.75 Å². The fourth-order valence-electron chi connectivity index (χ4n) is 4.75. The Morgan fingerprint density at radius 1 is 0.944 bits per heavy atom. The van der Waals surface area contributed by atoms with Gasteiger partial charge in [0.15, 0.2) is 0 Å². The van der Waals surface area contributed by atoms with E-state index in [0.717, 1.165) is 48.1 Å². The van der Waals surface area contributed by atoms with Crippen LogP contribution in [0.15, 0.2) is 78.9 Å². The SMILES string of the molecule is COc1ccc(CC(=O)N(Cc2ccccc2Cl)[C@@H](Cc2ccccc2)C(=O)NC2CCCC2)cc1. The third-order valence-electron chi connectivity index (χ3n) is 6.79. The van der Waals surface area contributed by atoms with E-state index in [1.54, 1.807) is 12.0 Å². The van der Waals surface area contributed by atoms with Crippen molar-refractivity contribution in [2.24, 2.45) is 0 Å². The topological polar surface area (TPSA) is 58.6 Å². The van der Waals surface area contributed by atoms with E-state index >= 15 is 0 Å². The van der Waals surface area contributed by atoms with Crippen LogP contribution >= 0.6 is 11.6 Å². The fraction of sp³-hybridized carbons (Fsp3) is 0.333. The van der Waals surface area contributed by atoms with Crippen molar-refractivity contribution in [2.75, 3.05) is 7.11 Å². The molecular formula is C30H33ClN2O3. The normalized spacial score (nSPS) is 14.3. The molecule has 0 spiro atoms. The van der Waals surface area contributed by atoms with Gasteiger partial charge in [0, 0.05) is 24.0 Å². The Morgan fingerprint density at radius 2 is 1.61 bits per heavy atom. The number of hydrogen-bond acceptors (Lipinski definition) is 3. The number of nitrogens with zero attached hydrogens (tertiary/aromatic N) is 1. The largest absolute Gasteiger partial charge is 0.497 e. The standard InChI is InChI=1S/C30H33ClN2O3/c1-36-26-17-15-23(16-18-26)20-29(34)33(21-24-11-5-8-14-27(24)31)28(19-22-9-3-2-4-10-22)30(35)32-25-12-6-7-13-25/h2-5,8-11,14-18,25,28H,6-7,12-13,19-21H2,1H3,(H,32,35)/t28-/m0/s1. The molecular weight excluding hydrogens is 472 g/mol. The summed E-state index contributed by atoms with van der Waals surface area (Å²) >= 11 is 6.50. The lowest BCUT2D eigenvalue weighted by atomic mass is 10.0. The molecule has 4 rings (SSSR count). The Hall–Kier alpha value is -3.31. The summed E-state index contributed by atoms with van der Waals surface area (Å²) in [5.41, 5.74) is 2.68. The molecule has 36 heavy (non-hydrogen) atoms. The van der Waals surface area contributed by atoms with Gasteiger partial charge in [0.25, 0.3) is 0 Å². The van der Waals surface area contributed by atoms with Gasteiger partial charge in [-0.3, -0.25) is 9.59 Å². The van der Waals surface area contributed by atoms with Crippen molar-refractivity contribution in [3.8, 4) is 5.75 Å².